The number of hydrogen-bond acceptors (Lipinski definition) is 2. The Balaban J connectivity index is 2.34. The molecule has 0 unspecified atom stereocenters. The van der Waals surface area contributed by atoms with Gasteiger partial charge in [0.05, 0.1) is 5.69 Å². The van der Waals surface area contributed by atoms with Crippen LogP contribution in [0.15, 0.2) is 29.3 Å². The molecule has 0 saturated heterocycles. The zero-order valence-corrected chi connectivity index (χ0v) is 8.07. The van der Waals surface area contributed by atoms with Crippen molar-refractivity contribution in [3.8, 4) is 0 Å². The van der Waals surface area contributed by atoms with E-state index in [1.807, 2.05) is 18.2 Å². The van der Waals surface area contributed by atoms with Crippen LogP contribution in [0.25, 0.3) is 0 Å². The molecule has 0 N–H and O–H groups in total. The Kier molecular flexibility index (Phi) is 2.76. The lowest BCUT2D eigenvalue weighted by molar-refractivity contribution is 0.565. The number of nitrogens with zero attached hydrogens (tertiary/aromatic N) is 1. The zero-order chi connectivity index (χ0) is 9.80. The van der Waals surface area contributed by atoms with E-state index in [0.29, 0.717) is 5.92 Å². The fraction of sp³-hybridized carbons (Fsp3) is 0.417. The number of para-hydroxylation sites is 1. The second-order valence-electron chi connectivity index (χ2n) is 3.74. The largest absolute Gasteiger partial charge is 0.240 e. The van der Waals surface area contributed by atoms with Crippen molar-refractivity contribution in [2.45, 2.75) is 31.6 Å². The molecular formula is C12H13NO. The zero-order valence-electron chi connectivity index (χ0n) is 8.07. The first kappa shape index (κ1) is 9.17. The van der Waals surface area contributed by atoms with Gasteiger partial charge in [-0.25, -0.2) is 4.79 Å². The maximum Gasteiger partial charge on any atom is 0.240 e. The summed E-state index contributed by atoms with van der Waals surface area (Å²) in [6.07, 6.45) is 6.67. The summed E-state index contributed by atoms with van der Waals surface area (Å²) in [7, 11) is 0. The van der Waals surface area contributed by atoms with Gasteiger partial charge in [0.1, 0.15) is 0 Å². The molecule has 0 aromatic heterocycles. The second-order valence-corrected chi connectivity index (χ2v) is 3.74. The average Bonchev–Trinajstić information content (AvgIpc) is 2.72. The number of rotatable bonds is 2. The number of isocyanates is 1. The lowest BCUT2D eigenvalue weighted by Crippen LogP contribution is -1.91. The third-order valence-corrected chi connectivity index (χ3v) is 2.90. The second kappa shape index (κ2) is 4.21. The van der Waals surface area contributed by atoms with Crippen molar-refractivity contribution in [1.82, 2.24) is 0 Å². The monoisotopic (exact) mass is 187 g/mol. The topological polar surface area (TPSA) is 29.4 Å². The van der Waals surface area contributed by atoms with E-state index in [1.54, 1.807) is 6.08 Å². The Bertz CT molecular complexity index is 360. The van der Waals surface area contributed by atoms with Crippen LogP contribution in [-0.4, -0.2) is 6.08 Å². The summed E-state index contributed by atoms with van der Waals surface area (Å²) in [5, 5.41) is 0. The molecule has 1 saturated carbocycles. The van der Waals surface area contributed by atoms with E-state index in [4.69, 9.17) is 0 Å². The fourth-order valence-electron chi connectivity index (χ4n) is 2.22. The SMILES string of the molecule is O=C=Nc1ccccc1C1CCCC1. The first-order valence-electron chi connectivity index (χ1n) is 5.08. The summed E-state index contributed by atoms with van der Waals surface area (Å²) >= 11 is 0. The summed E-state index contributed by atoms with van der Waals surface area (Å²) in [5.41, 5.74) is 2.02. The molecule has 2 heteroatoms. The minimum atomic E-state index is 0.600. The van der Waals surface area contributed by atoms with Gasteiger partial charge in [-0.3, -0.25) is 0 Å². The van der Waals surface area contributed by atoms with Crippen LogP contribution in [0.5, 0.6) is 0 Å². The van der Waals surface area contributed by atoms with Crippen LogP contribution < -0.4 is 0 Å². The highest BCUT2D eigenvalue weighted by Gasteiger charge is 2.19. The lowest BCUT2D eigenvalue weighted by atomic mass is 9.96. The molecule has 0 bridgehead atoms. The molecule has 1 aliphatic carbocycles. The van der Waals surface area contributed by atoms with Crippen molar-refractivity contribution in [2.75, 3.05) is 0 Å². The maximum absolute atomic E-state index is 10.2. The van der Waals surface area contributed by atoms with Gasteiger partial charge in [0.25, 0.3) is 0 Å². The average molecular weight is 187 g/mol. The molecule has 14 heavy (non-hydrogen) atoms. The van der Waals surface area contributed by atoms with Gasteiger partial charge in [-0.1, -0.05) is 31.0 Å². The van der Waals surface area contributed by atoms with Gasteiger partial charge in [0, 0.05) is 0 Å². The quantitative estimate of drug-likeness (QED) is 0.516. The van der Waals surface area contributed by atoms with Gasteiger partial charge >= 0.3 is 0 Å². The minimum Gasteiger partial charge on any atom is -0.211 e. The minimum absolute atomic E-state index is 0.600. The Morgan fingerprint density at radius 2 is 1.93 bits per heavy atom. The molecule has 1 aliphatic rings. The molecule has 2 rings (SSSR count). The van der Waals surface area contributed by atoms with Gasteiger partial charge < -0.3 is 0 Å². The Morgan fingerprint density at radius 1 is 1.21 bits per heavy atom. The molecule has 0 heterocycles. The molecule has 2 nitrogen and oxygen atoms in total. The molecular weight excluding hydrogens is 174 g/mol. The molecule has 1 aromatic carbocycles. The van der Waals surface area contributed by atoms with Crippen molar-refractivity contribution in [2.24, 2.45) is 4.99 Å². The standard InChI is InChI=1S/C12H13NO/c14-9-13-12-8-4-3-7-11(12)10-5-1-2-6-10/h3-4,7-8,10H,1-2,5-6H2. The smallest absolute Gasteiger partial charge is 0.211 e. The van der Waals surface area contributed by atoms with Crippen LogP contribution >= 0.6 is 0 Å². The predicted molar refractivity (Wildman–Crippen MR) is 55.4 cm³/mol. The summed E-state index contributed by atoms with van der Waals surface area (Å²) in [5.74, 6) is 0.600. The van der Waals surface area contributed by atoms with E-state index >= 15 is 0 Å². The molecule has 0 radical (unpaired) electrons. The molecule has 0 atom stereocenters. The molecule has 0 aliphatic heterocycles. The van der Waals surface area contributed by atoms with Gasteiger partial charge in [-0.05, 0) is 30.4 Å². The van der Waals surface area contributed by atoms with E-state index in [0.717, 1.165) is 5.69 Å². The third kappa shape index (κ3) is 1.75. The Labute approximate surface area is 83.7 Å². The molecule has 1 aromatic rings. The Morgan fingerprint density at radius 3 is 2.64 bits per heavy atom. The van der Waals surface area contributed by atoms with Crippen molar-refractivity contribution in [1.29, 1.82) is 0 Å². The van der Waals surface area contributed by atoms with Crippen LogP contribution in [0.2, 0.25) is 0 Å². The molecule has 0 amide bonds. The van der Waals surface area contributed by atoms with Crippen LogP contribution in [0.1, 0.15) is 37.2 Å². The van der Waals surface area contributed by atoms with Crippen molar-refractivity contribution >= 4 is 11.8 Å². The number of carbonyl (C=O) groups excluding carboxylic acids is 1. The van der Waals surface area contributed by atoms with Crippen molar-refractivity contribution in [3.63, 3.8) is 0 Å². The van der Waals surface area contributed by atoms with E-state index in [2.05, 4.69) is 11.1 Å². The number of hydrogen-bond donors (Lipinski definition) is 0. The first-order valence-corrected chi connectivity index (χ1v) is 5.08. The highest BCUT2D eigenvalue weighted by molar-refractivity contribution is 5.54. The van der Waals surface area contributed by atoms with Gasteiger partial charge in [-0.2, -0.15) is 4.99 Å². The van der Waals surface area contributed by atoms with E-state index in [9.17, 15) is 4.79 Å². The summed E-state index contributed by atoms with van der Waals surface area (Å²) in [4.78, 5) is 14.0. The highest BCUT2D eigenvalue weighted by atomic mass is 16.1. The van der Waals surface area contributed by atoms with E-state index in [1.165, 1.54) is 31.2 Å². The van der Waals surface area contributed by atoms with Crippen LogP contribution in [0.4, 0.5) is 5.69 Å². The van der Waals surface area contributed by atoms with Crippen molar-refractivity contribution < 1.29 is 4.79 Å². The summed E-state index contributed by atoms with van der Waals surface area (Å²) in [6, 6.07) is 7.89. The van der Waals surface area contributed by atoms with Crippen LogP contribution in [-0.2, 0) is 4.79 Å². The van der Waals surface area contributed by atoms with Gasteiger partial charge in [0.15, 0.2) is 0 Å². The normalized spacial score (nSPS) is 16.6. The van der Waals surface area contributed by atoms with Crippen LogP contribution in [0, 0.1) is 0 Å². The van der Waals surface area contributed by atoms with Crippen molar-refractivity contribution in [3.05, 3.63) is 29.8 Å². The number of benzene rings is 1. The fourth-order valence-corrected chi connectivity index (χ4v) is 2.22. The lowest BCUT2D eigenvalue weighted by Gasteiger charge is -2.10. The Hall–Kier alpha value is -1.40. The molecule has 72 valence electrons. The van der Waals surface area contributed by atoms with Gasteiger partial charge in [-0.15, -0.1) is 0 Å². The predicted octanol–water partition coefficient (Wildman–Crippen LogP) is 3.31. The first-order chi connectivity index (χ1) is 6.92. The molecule has 1 fully saturated rings. The van der Waals surface area contributed by atoms with E-state index in [-0.39, 0.29) is 0 Å². The summed E-state index contributed by atoms with van der Waals surface area (Å²) in [6.45, 7) is 0. The third-order valence-electron chi connectivity index (χ3n) is 2.90. The highest BCUT2D eigenvalue weighted by Crippen LogP contribution is 2.38. The van der Waals surface area contributed by atoms with Gasteiger partial charge in [0.2, 0.25) is 6.08 Å². The maximum atomic E-state index is 10.2. The number of aliphatic imine (C=N–C) groups is 1. The van der Waals surface area contributed by atoms with E-state index < -0.39 is 0 Å². The molecule has 0 spiro atoms. The van der Waals surface area contributed by atoms with Crippen LogP contribution in [0.3, 0.4) is 0 Å². The summed E-state index contributed by atoms with van der Waals surface area (Å²) < 4.78 is 0.